The van der Waals surface area contributed by atoms with E-state index in [9.17, 15) is 19.8 Å². The summed E-state index contributed by atoms with van der Waals surface area (Å²) in [6.07, 6.45) is 0.804. The van der Waals surface area contributed by atoms with Crippen molar-refractivity contribution in [2.75, 3.05) is 19.7 Å². The molecule has 1 aromatic carbocycles. The van der Waals surface area contributed by atoms with E-state index in [0.717, 1.165) is 12.0 Å². The van der Waals surface area contributed by atoms with Crippen LogP contribution in [0.15, 0.2) is 35.3 Å². The van der Waals surface area contributed by atoms with Crippen molar-refractivity contribution < 1.29 is 29.5 Å². The Bertz CT molecular complexity index is 1510. The van der Waals surface area contributed by atoms with Gasteiger partial charge >= 0.3 is 5.96 Å². The number of guanidine groups is 2. The number of ether oxygens (including phenoxy) is 1. The topological polar surface area (TPSA) is 227 Å². The highest BCUT2D eigenvalue weighted by molar-refractivity contribution is 5.98. The zero-order valence-electron chi connectivity index (χ0n) is 23.5. The Kier molecular flexibility index (Phi) is 6.27. The van der Waals surface area contributed by atoms with Crippen LogP contribution in [-0.4, -0.2) is 98.3 Å². The molecule has 1 fully saturated rings. The molecular formula is C27H35N10O5+. The van der Waals surface area contributed by atoms with Gasteiger partial charge in [-0.2, -0.15) is 5.10 Å². The van der Waals surface area contributed by atoms with Gasteiger partial charge in [0.25, 0.3) is 17.5 Å². The molecule has 15 heteroatoms. The Morgan fingerprint density at radius 1 is 1.19 bits per heavy atom. The molecule has 0 aliphatic carbocycles. The fourth-order valence-electron chi connectivity index (χ4n) is 6.33. The second kappa shape index (κ2) is 9.52. The normalized spacial score (nSPS) is 28.2. The van der Waals surface area contributed by atoms with E-state index in [1.165, 1.54) is 4.90 Å². The number of aryl methyl sites for hydroxylation is 1. The third kappa shape index (κ3) is 4.10. The van der Waals surface area contributed by atoms with Crippen LogP contribution in [0.5, 0.6) is 5.75 Å². The van der Waals surface area contributed by atoms with E-state index in [4.69, 9.17) is 16.2 Å². The number of amides is 2. The van der Waals surface area contributed by atoms with Gasteiger partial charge in [-0.3, -0.25) is 25.2 Å². The maximum absolute atomic E-state index is 13.6. The second-order valence-corrected chi connectivity index (χ2v) is 11.8. The molecule has 6 rings (SSSR count). The van der Waals surface area contributed by atoms with Crippen molar-refractivity contribution in [1.29, 1.82) is 0 Å². The number of hydrogen-bond acceptors (Lipinski definition) is 12. The number of nitrogens with one attached hydrogen (secondary N) is 4. The molecule has 1 aromatic heterocycles. The summed E-state index contributed by atoms with van der Waals surface area (Å²) in [5.41, 5.74) is 12.6. The van der Waals surface area contributed by atoms with Crippen LogP contribution in [-0.2, 0) is 5.41 Å². The summed E-state index contributed by atoms with van der Waals surface area (Å²) in [7, 11) is 0. The number of aliphatic hydroxyl groups is 2. The number of para-hydroxylation sites is 1. The van der Waals surface area contributed by atoms with Gasteiger partial charge in [0.1, 0.15) is 17.8 Å². The van der Waals surface area contributed by atoms with Crippen LogP contribution in [0.25, 0.3) is 0 Å². The van der Waals surface area contributed by atoms with E-state index < -0.39 is 41.4 Å². The van der Waals surface area contributed by atoms with Gasteiger partial charge in [0.05, 0.1) is 24.4 Å². The minimum Gasteiger partial charge on any atom is -0.492 e. The Balaban J connectivity index is 1.26. The fourth-order valence-corrected chi connectivity index (χ4v) is 6.33. The zero-order valence-corrected chi connectivity index (χ0v) is 23.5. The first-order chi connectivity index (χ1) is 19.8. The molecule has 10 N–H and O–H groups in total. The number of fused-ring (bicyclic) bond motifs is 1. The third-order valence-corrected chi connectivity index (χ3v) is 8.65. The summed E-state index contributed by atoms with van der Waals surface area (Å²) < 4.78 is 5.90. The van der Waals surface area contributed by atoms with Gasteiger partial charge in [0.2, 0.25) is 5.79 Å². The summed E-state index contributed by atoms with van der Waals surface area (Å²) in [5, 5.41) is 39.8. The number of carbonyl (C=O) groups excluding carboxylic acids is 2. The molecular weight excluding hydrogens is 544 g/mol. The molecule has 0 bridgehead atoms. The molecule has 15 nitrogen and oxygen atoms in total. The van der Waals surface area contributed by atoms with Gasteiger partial charge in [0, 0.05) is 12.1 Å². The van der Waals surface area contributed by atoms with Gasteiger partial charge in [-0.15, -0.1) is 5.10 Å². The summed E-state index contributed by atoms with van der Waals surface area (Å²) >= 11 is 0. The summed E-state index contributed by atoms with van der Waals surface area (Å²) in [4.78, 5) is 35.3. The van der Waals surface area contributed by atoms with Crippen LogP contribution in [0.1, 0.15) is 52.4 Å². The lowest BCUT2D eigenvalue weighted by Crippen LogP contribution is -2.90. The van der Waals surface area contributed by atoms with E-state index in [1.807, 2.05) is 6.07 Å². The third-order valence-electron chi connectivity index (χ3n) is 8.65. The van der Waals surface area contributed by atoms with Crippen molar-refractivity contribution in [2.45, 2.75) is 62.2 Å². The number of nitrogens with two attached hydrogens (primary N) is 2. The van der Waals surface area contributed by atoms with Crippen molar-refractivity contribution in [3.63, 3.8) is 0 Å². The number of aromatic nitrogens is 2. The predicted molar refractivity (Wildman–Crippen MR) is 149 cm³/mol. The predicted octanol–water partition coefficient (Wildman–Crippen LogP) is -3.87. The standard InChI is InChI=1S/C27H34N10O5/c1-13-7-8-16(36-35-13)22(39)30-11-17-20-26(34-23(28)33-20)27(40,41)18(12-37(26)24(29)31-17)32-21(38)14-5-4-6-15-19(14)42-10-9-25(15,2)3/h4-8,17-18,20,40-41H,9-12H2,1-3H3,(H2,29,31)(H,30,39)(H,32,38)(H3,28,33,34)/p+1/t17-,18?,20-,26?/m0/s1. The Hall–Kier alpha value is -4.50. The van der Waals surface area contributed by atoms with Crippen molar-refractivity contribution in [3.05, 3.63) is 52.8 Å². The Labute approximate surface area is 241 Å². The number of benzene rings is 1. The Morgan fingerprint density at radius 3 is 2.71 bits per heavy atom. The van der Waals surface area contributed by atoms with Crippen LogP contribution < -0.4 is 37.1 Å². The van der Waals surface area contributed by atoms with E-state index >= 15 is 0 Å². The van der Waals surface area contributed by atoms with E-state index in [0.29, 0.717) is 23.6 Å². The van der Waals surface area contributed by atoms with Gasteiger partial charge in [-0.1, -0.05) is 26.0 Å². The minimum atomic E-state index is -2.60. The molecule has 1 saturated heterocycles. The first-order valence-electron chi connectivity index (χ1n) is 13.7. The molecule has 4 aliphatic rings. The van der Waals surface area contributed by atoms with E-state index in [1.54, 1.807) is 31.2 Å². The number of nitrogens with zero attached hydrogens (tertiary/aromatic N) is 4. The van der Waals surface area contributed by atoms with Gasteiger partial charge in [0.15, 0.2) is 17.7 Å². The highest BCUT2D eigenvalue weighted by atomic mass is 16.5. The van der Waals surface area contributed by atoms with Crippen molar-refractivity contribution in [1.82, 2.24) is 31.0 Å². The minimum absolute atomic E-state index is 0.0176. The summed E-state index contributed by atoms with van der Waals surface area (Å²) in [5.74, 6) is -3.09. The average molecular weight is 580 g/mol. The van der Waals surface area contributed by atoms with E-state index in [-0.39, 0.29) is 36.1 Å². The quantitative estimate of drug-likeness (QED) is 0.160. The highest BCUT2D eigenvalue weighted by Gasteiger charge is 2.76. The molecule has 42 heavy (non-hydrogen) atoms. The molecule has 4 atom stereocenters. The maximum Gasteiger partial charge on any atom is 0.343 e. The lowest BCUT2D eigenvalue weighted by atomic mass is 9.79. The van der Waals surface area contributed by atoms with Crippen molar-refractivity contribution in [2.24, 2.45) is 16.5 Å². The first-order valence-corrected chi connectivity index (χ1v) is 13.7. The smallest absolute Gasteiger partial charge is 0.343 e. The van der Waals surface area contributed by atoms with Crippen molar-refractivity contribution in [3.8, 4) is 5.75 Å². The van der Waals surface area contributed by atoms with Crippen LogP contribution in [0.2, 0.25) is 0 Å². The number of hydrogen-bond donors (Lipinski definition) is 8. The number of rotatable bonds is 5. The molecule has 0 saturated carbocycles. The molecule has 5 heterocycles. The first kappa shape index (κ1) is 27.7. The largest absolute Gasteiger partial charge is 0.492 e. The van der Waals surface area contributed by atoms with Crippen molar-refractivity contribution >= 4 is 23.7 Å². The zero-order chi connectivity index (χ0) is 30.0. The Morgan fingerprint density at radius 2 is 1.98 bits per heavy atom. The van der Waals surface area contributed by atoms with Crippen LogP contribution in [0, 0.1) is 6.92 Å². The van der Waals surface area contributed by atoms with Gasteiger partial charge < -0.3 is 31.3 Å². The average Bonchev–Trinajstić information content (AvgIpc) is 3.41. The molecule has 4 aliphatic heterocycles. The molecule has 2 amide bonds. The van der Waals surface area contributed by atoms with Gasteiger partial charge in [-0.05, 0) is 37.0 Å². The molecule has 222 valence electrons. The maximum atomic E-state index is 13.6. The van der Waals surface area contributed by atoms with Crippen LogP contribution in [0.4, 0.5) is 0 Å². The second-order valence-electron chi connectivity index (χ2n) is 11.8. The summed E-state index contributed by atoms with van der Waals surface area (Å²) in [6, 6.07) is 5.72. The van der Waals surface area contributed by atoms with E-state index in [2.05, 4.69) is 50.0 Å². The molecule has 0 radical (unpaired) electrons. The monoisotopic (exact) mass is 579 g/mol. The molecule has 2 unspecified atom stereocenters. The fraction of sp³-hybridized carbons (Fsp3) is 0.481. The molecule has 1 spiro atoms. The van der Waals surface area contributed by atoms with Crippen LogP contribution in [0.3, 0.4) is 0 Å². The summed E-state index contributed by atoms with van der Waals surface area (Å²) in [6.45, 7) is 6.27. The van der Waals surface area contributed by atoms with Gasteiger partial charge in [-0.25, -0.2) is 10.3 Å². The highest BCUT2D eigenvalue weighted by Crippen LogP contribution is 2.43. The number of aliphatic imine (C=N–C) groups is 1. The lowest BCUT2D eigenvalue weighted by molar-refractivity contribution is -0.521. The SMILES string of the molecule is Cc1ccc(C(=O)NC[C@@H]2N=C(N)N3CC(NC(=O)c4cccc5c4OCCC5(C)C)C(O)(O)C34NC(N)=[NH+][C@@H]24)nn1. The number of carbonyl (C=O) groups is 2. The lowest BCUT2D eigenvalue weighted by Gasteiger charge is -2.46. The molecule has 2 aromatic rings. The van der Waals surface area contributed by atoms with Crippen LogP contribution >= 0.6 is 0 Å².